The average molecular weight is 642 g/mol. The molecule has 5 rings (SSSR count). The van der Waals surface area contributed by atoms with Crippen LogP contribution in [0.1, 0.15) is 89.6 Å². The number of allylic oxidation sites excluding steroid dienone is 1. The Labute approximate surface area is 282 Å². The Morgan fingerprint density at radius 3 is 2.28 bits per heavy atom. The van der Waals surface area contributed by atoms with Crippen LogP contribution >= 0.6 is 11.3 Å². The molecule has 1 aromatic heterocycles. The molecule has 1 amide bonds. The SMILES string of the molecule is C=C(C(Cc1ccc(CCC2CCN(C(=O)OC(C)(C)C)C2)cc1)C(C)(C)C)N1CCCC1Cc1ccc(-c2scnc2C)cc1. The van der Waals surface area contributed by atoms with E-state index in [9.17, 15) is 4.79 Å². The fourth-order valence-corrected chi connectivity index (χ4v) is 8.01. The van der Waals surface area contributed by atoms with Crippen LogP contribution < -0.4 is 0 Å². The Hall–Kier alpha value is -3.12. The minimum atomic E-state index is -0.444. The van der Waals surface area contributed by atoms with Crippen molar-refractivity contribution in [1.29, 1.82) is 0 Å². The van der Waals surface area contributed by atoms with E-state index in [-0.39, 0.29) is 11.5 Å². The zero-order valence-corrected chi connectivity index (χ0v) is 30.1. The van der Waals surface area contributed by atoms with Gasteiger partial charge < -0.3 is 14.5 Å². The van der Waals surface area contributed by atoms with Crippen LogP contribution in [0.3, 0.4) is 0 Å². The van der Waals surface area contributed by atoms with Gasteiger partial charge in [-0.05, 0) is 106 Å². The molecule has 2 aromatic carbocycles. The van der Waals surface area contributed by atoms with Crippen LogP contribution in [0.4, 0.5) is 4.79 Å². The number of carbonyl (C=O) groups is 1. The van der Waals surface area contributed by atoms with E-state index in [1.54, 1.807) is 11.3 Å². The second kappa shape index (κ2) is 14.3. The molecule has 0 aliphatic carbocycles. The third-order valence-electron chi connectivity index (χ3n) is 9.87. The van der Waals surface area contributed by atoms with Crippen molar-refractivity contribution in [3.63, 3.8) is 0 Å². The van der Waals surface area contributed by atoms with Gasteiger partial charge >= 0.3 is 6.09 Å². The van der Waals surface area contributed by atoms with E-state index in [1.165, 1.54) is 45.7 Å². The highest BCUT2D eigenvalue weighted by Gasteiger charge is 2.35. The highest BCUT2D eigenvalue weighted by molar-refractivity contribution is 7.13. The first-order valence-corrected chi connectivity index (χ1v) is 18.2. The Balaban J connectivity index is 1.16. The lowest BCUT2D eigenvalue weighted by Gasteiger charge is -2.40. The summed E-state index contributed by atoms with van der Waals surface area (Å²) in [5.74, 6) is 0.905. The van der Waals surface area contributed by atoms with Crippen molar-refractivity contribution < 1.29 is 9.53 Å². The summed E-state index contributed by atoms with van der Waals surface area (Å²) < 4.78 is 5.58. The van der Waals surface area contributed by atoms with Crippen LogP contribution in [0.2, 0.25) is 0 Å². The van der Waals surface area contributed by atoms with Gasteiger partial charge in [0.1, 0.15) is 5.60 Å². The molecule has 5 nitrogen and oxygen atoms in total. The number of carbonyl (C=O) groups excluding carboxylic acids is 1. The van der Waals surface area contributed by atoms with Gasteiger partial charge in [-0.3, -0.25) is 0 Å². The number of thiazole rings is 1. The minimum Gasteiger partial charge on any atom is -0.444 e. The molecule has 0 radical (unpaired) electrons. The first kappa shape index (κ1) is 34.2. The number of hydrogen-bond donors (Lipinski definition) is 0. The Bertz CT molecular complexity index is 1460. The van der Waals surface area contributed by atoms with Crippen molar-refractivity contribution in [2.75, 3.05) is 19.6 Å². The summed E-state index contributed by atoms with van der Waals surface area (Å²) in [6, 6.07) is 18.9. The predicted molar refractivity (Wildman–Crippen MR) is 192 cm³/mol. The van der Waals surface area contributed by atoms with Gasteiger partial charge in [0, 0.05) is 37.3 Å². The third-order valence-corrected chi connectivity index (χ3v) is 10.8. The summed E-state index contributed by atoms with van der Waals surface area (Å²) in [6.07, 6.45) is 7.53. The Morgan fingerprint density at radius 1 is 0.978 bits per heavy atom. The summed E-state index contributed by atoms with van der Waals surface area (Å²) in [6.45, 7) is 22.4. The van der Waals surface area contributed by atoms with Gasteiger partial charge in [-0.15, -0.1) is 11.3 Å². The molecule has 0 spiro atoms. The van der Waals surface area contributed by atoms with E-state index in [2.05, 4.69) is 86.1 Å². The first-order chi connectivity index (χ1) is 21.8. The molecular weight excluding hydrogens is 587 g/mol. The first-order valence-electron chi connectivity index (χ1n) is 17.3. The maximum Gasteiger partial charge on any atom is 0.410 e. The number of ether oxygens (including phenoxy) is 1. The third kappa shape index (κ3) is 8.82. The summed E-state index contributed by atoms with van der Waals surface area (Å²) in [5, 5.41) is 0. The highest BCUT2D eigenvalue weighted by Crippen LogP contribution is 2.39. The Morgan fingerprint density at radius 2 is 1.65 bits per heavy atom. The van der Waals surface area contributed by atoms with Gasteiger partial charge in [-0.25, -0.2) is 9.78 Å². The minimum absolute atomic E-state index is 0.111. The van der Waals surface area contributed by atoms with E-state index in [4.69, 9.17) is 11.3 Å². The molecule has 3 atom stereocenters. The normalized spacial score (nSPS) is 19.5. The number of aromatic nitrogens is 1. The van der Waals surface area contributed by atoms with E-state index in [0.29, 0.717) is 17.9 Å². The van der Waals surface area contributed by atoms with Gasteiger partial charge in [0.05, 0.1) is 16.1 Å². The van der Waals surface area contributed by atoms with Crippen LogP contribution in [-0.4, -0.2) is 52.2 Å². The van der Waals surface area contributed by atoms with Gasteiger partial charge in [0.25, 0.3) is 0 Å². The van der Waals surface area contributed by atoms with Crippen molar-refractivity contribution >= 4 is 17.4 Å². The number of aryl methyl sites for hydroxylation is 2. The van der Waals surface area contributed by atoms with Crippen molar-refractivity contribution in [3.05, 3.63) is 88.7 Å². The van der Waals surface area contributed by atoms with Gasteiger partial charge in [-0.2, -0.15) is 0 Å². The fourth-order valence-electron chi connectivity index (χ4n) is 7.20. The van der Waals surface area contributed by atoms with E-state index < -0.39 is 5.60 Å². The van der Waals surface area contributed by atoms with Crippen LogP contribution in [0, 0.1) is 24.2 Å². The zero-order valence-electron chi connectivity index (χ0n) is 29.3. The number of likely N-dealkylation sites (tertiary alicyclic amines) is 2. The van der Waals surface area contributed by atoms with Crippen LogP contribution in [0.25, 0.3) is 10.4 Å². The molecule has 2 aliphatic heterocycles. The van der Waals surface area contributed by atoms with Crippen LogP contribution in [-0.2, 0) is 24.0 Å². The highest BCUT2D eigenvalue weighted by atomic mass is 32.1. The lowest BCUT2D eigenvalue weighted by Crippen LogP contribution is -2.37. The summed E-state index contributed by atoms with van der Waals surface area (Å²) in [4.78, 5) is 22.7. The average Bonchev–Trinajstić information content (AvgIpc) is 3.76. The van der Waals surface area contributed by atoms with E-state index in [1.807, 2.05) is 31.2 Å². The second-order valence-electron chi connectivity index (χ2n) is 15.7. The van der Waals surface area contributed by atoms with Crippen LogP contribution in [0.5, 0.6) is 0 Å². The van der Waals surface area contributed by atoms with Crippen molar-refractivity contribution in [2.24, 2.45) is 17.3 Å². The summed E-state index contributed by atoms with van der Waals surface area (Å²) >= 11 is 1.72. The van der Waals surface area contributed by atoms with Crippen molar-refractivity contribution in [3.8, 4) is 10.4 Å². The number of benzene rings is 2. The van der Waals surface area contributed by atoms with Gasteiger partial charge in [0.15, 0.2) is 0 Å². The maximum atomic E-state index is 12.5. The Kier molecular flexibility index (Phi) is 10.7. The standard InChI is InChI=1S/C40H55N3O2S/c1-28-37(46-27-41-28)34-19-17-31(18-20-34)24-35-10-9-22-43(35)29(2)36(39(3,4)5)25-32-14-11-30(12-15-32)13-16-33-21-23-42(26-33)38(44)45-40(6,7)8/h11-12,14-15,17-20,27,33,35-36H,2,9-10,13,16,21-26H2,1,3-8H3. The number of hydrogen-bond acceptors (Lipinski definition) is 5. The summed E-state index contributed by atoms with van der Waals surface area (Å²) in [5.41, 5.74) is 9.42. The smallest absolute Gasteiger partial charge is 0.410 e. The van der Waals surface area contributed by atoms with Crippen molar-refractivity contribution in [1.82, 2.24) is 14.8 Å². The molecule has 2 saturated heterocycles. The van der Waals surface area contributed by atoms with E-state index >= 15 is 0 Å². The molecular formula is C40H55N3O2S. The number of nitrogens with zero attached hydrogens (tertiary/aromatic N) is 3. The number of amides is 1. The molecule has 248 valence electrons. The molecule has 2 aliphatic rings. The zero-order chi connectivity index (χ0) is 33.1. The molecule has 3 aromatic rings. The lowest BCUT2D eigenvalue weighted by molar-refractivity contribution is 0.0287. The molecule has 0 saturated carbocycles. The van der Waals surface area contributed by atoms with Crippen LogP contribution in [0.15, 0.2) is 66.3 Å². The largest absolute Gasteiger partial charge is 0.444 e. The summed E-state index contributed by atoms with van der Waals surface area (Å²) in [7, 11) is 0. The van der Waals surface area contributed by atoms with Gasteiger partial charge in [-0.1, -0.05) is 75.9 Å². The topological polar surface area (TPSA) is 45.7 Å². The van der Waals surface area contributed by atoms with Gasteiger partial charge in [0.2, 0.25) is 0 Å². The van der Waals surface area contributed by atoms with E-state index in [0.717, 1.165) is 57.4 Å². The quantitative estimate of drug-likeness (QED) is 0.221. The molecule has 3 unspecified atom stereocenters. The molecule has 0 bridgehead atoms. The molecule has 0 N–H and O–H groups in total. The predicted octanol–water partition coefficient (Wildman–Crippen LogP) is 9.73. The molecule has 6 heteroatoms. The molecule has 2 fully saturated rings. The number of rotatable bonds is 10. The molecule has 3 heterocycles. The maximum absolute atomic E-state index is 12.5. The lowest BCUT2D eigenvalue weighted by atomic mass is 9.75. The second-order valence-corrected chi connectivity index (χ2v) is 16.6. The monoisotopic (exact) mass is 641 g/mol. The molecule has 46 heavy (non-hydrogen) atoms. The fraction of sp³-hybridized carbons (Fsp3) is 0.550. The van der Waals surface area contributed by atoms with Crippen molar-refractivity contribution in [2.45, 2.75) is 105 Å².